The van der Waals surface area contributed by atoms with Crippen molar-refractivity contribution in [2.75, 3.05) is 26.0 Å². The first-order valence-electron chi connectivity index (χ1n) is 9.55. The third-order valence-electron chi connectivity index (χ3n) is 4.39. The largest absolute Gasteiger partial charge is 0.352 e. The molecule has 1 aromatic carbocycles. The minimum absolute atomic E-state index is 0.193. The van der Waals surface area contributed by atoms with Crippen LogP contribution in [0.5, 0.6) is 0 Å². The third-order valence-corrected chi connectivity index (χ3v) is 4.39. The summed E-state index contributed by atoms with van der Waals surface area (Å²) >= 11 is 0. The zero-order valence-electron chi connectivity index (χ0n) is 17.8. The highest BCUT2D eigenvalue weighted by Crippen LogP contribution is 2.23. The van der Waals surface area contributed by atoms with Crippen LogP contribution in [0.15, 0.2) is 40.2 Å². The van der Waals surface area contributed by atoms with Gasteiger partial charge in [-0.25, -0.2) is 9.37 Å². The topological polar surface area (TPSA) is 72.2 Å². The van der Waals surface area contributed by atoms with Crippen molar-refractivity contribution in [1.29, 1.82) is 0 Å². The summed E-state index contributed by atoms with van der Waals surface area (Å²) in [5, 5.41) is 3.14. The van der Waals surface area contributed by atoms with E-state index in [1.807, 2.05) is 32.8 Å². The number of halogens is 1. The van der Waals surface area contributed by atoms with Crippen LogP contribution >= 0.6 is 0 Å². The lowest BCUT2D eigenvalue weighted by molar-refractivity contribution is 0.380. The van der Waals surface area contributed by atoms with E-state index in [1.54, 1.807) is 26.1 Å². The summed E-state index contributed by atoms with van der Waals surface area (Å²) < 4.78 is 17.1. The van der Waals surface area contributed by atoms with E-state index in [0.29, 0.717) is 13.1 Å². The van der Waals surface area contributed by atoms with Crippen molar-refractivity contribution >= 4 is 22.4 Å². The number of pyridine rings is 1. The molecule has 0 unspecified atom stereocenters. The van der Waals surface area contributed by atoms with Crippen molar-refractivity contribution < 1.29 is 4.39 Å². The Morgan fingerprint density at radius 1 is 1.14 bits per heavy atom. The summed E-state index contributed by atoms with van der Waals surface area (Å²) in [7, 11) is 5.38. The Hall–Kier alpha value is -3.00. The van der Waals surface area contributed by atoms with Gasteiger partial charge in [0.15, 0.2) is 5.65 Å². The molecule has 0 amide bonds. The second kappa shape index (κ2) is 9.47. The van der Waals surface area contributed by atoms with Crippen LogP contribution < -0.4 is 16.4 Å². The molecule has 0 spiro atoms. The van der Waals surface area contributed by atoms with Crippen LogP contribution in [0.4, 0.5) is 15.8 Å². The average molecular weight is 401 g/mol. The lowest BCUT2D eigenvalue weighted by Gasteiger charge is -2.15. The standard InChI is InChI=1S/C19H22FN5O2.C2H6/c1-12-5-6-14(13(20)9-12)22-15-10-16(26)24(4)18-17(15)19(27)25(11-21-18)8-7-23(2)3;1-2/h5-6,9-11,22H,7-8H2,1-4H3;1-2H3. The Labute approximate surface area is 169 Å². The maximum absolute atomic E-state index is 14.3. The number of nitrogens with zero attached hydrogens (tertiary/aromatic N) is 4. The molecule has 3 rings (SSSR count). The Balaban J connectivity index is 0.00000145. The summed E-state index contributed by atoms with van der Waals surface area (Å²) in [6.45, 7) is 6.90. The molecule has 0 aliphatic carbocycles. The van der Waals surface area contributed by atoms with Crippen LogP contribution in [0.2, 0.25) is 0 Å². The number of benzene rings is 1. The fraction of sp³-hybridized carbons (Fsp3) is 0.381. The molecule has 0 radical (unpaired) electrons. The first kappa shape index (κ1) is 22.3. The van der Waals surface area contributed by atoms with E-state index in [2.05, 4.69) is 10.3 Å². The number of rotatable bonds is 5. The Morgan fingerprint density at radius 2 is 1.83 bits per heavy atom. The zero-order chi connectivity index (χ0) is 21.7. The summed E-state index contributed by atoms with van der Waals surface area (Å²) in [6.07, 6.45) is 1.43. The lowest BCUT2D eigenvalue weighted by atomic mass is 10.2. The molecule has 0 atom stereocenters. The van der Waals surface area contributed by atoms with Crippen LogP contribution in [-0.4, -0.2) is 39.7 Å². The van der Waals surface area contributed by atoms with Gasteiger partial charge in [-0.3, -0.25) is 18.7 Å². The number of hydrogen-bond donors (Lipinski definition) is 1. The molecule has 1 N–H and O–H groups in total. The maximum atomic E-state index is 14.3. The monoisotopic (exact) mass is 401 g/mol. The van der Waals surface area contributed by atoms with Crippen LogP contribution in [0.3, 0.4) is 0 Å². The first-order valence-corrected chi connectivity index (χ1v) is 9.55. The second-order valence-electron chi connectivity index (χ2n) is 6.81. The van der Waals surface area contributed by atoms with Gasteiger partial charge in [0.25, 0.3) is 11.1 Å². The molecule has 2 heterocycles. The van der Waals surface area contributed by atoms with Crippen molar-refractivity contribution in [3.8, 4) is 0 Å². The van der Waals surface area contributed by atoms with Gasteiger partial charge in [0.2, 0.25) is 0 Å². The second-order valence-corrected chi connectivity index (χ2v) is 6.81. The number of hydrogen-bond acceptors (Lipinski definition) is 5. The van der Waals surface area contributed by atoms with Crippen LogP contribution in [0, 0.1) is 12.7 Å². The van der Waals surface area contributed by atoms with Crippen LogP contribution in [0.1, 0.15) is 19.4 Å². The zero-order valence-corrected chi connectivity index (χ0v) is 17.8. The Morgan fingerprint density at radius 3 is 2.45 bits per heavy atom. The van der Waals surface area contributed by atoms with E-state index in [9.17, 15) is 14.0 Å². The predicted molar refractivity (Wildman–Crippen MR) is 116 cm³/mol. The molecule has 0 fully saturated rings. The smallest absolute Gasteiger partial charge is 0.264 e. The predicted octanol–water partition coefficient (Wildman–Crippen LogP) is 2.87. The van der Waals surface area contributed by atoms with Gasteiger partial charge in [-0.05, 0) is 38.7 Å². The number of likely N-dealkylation sites (N-methyl/N-ethyl adjacent to an activating group) is 1. The fourth-order valence-electron chi connectivity index (χ4n) is 2.80. The van der Waals surface area contributed by atoms with Crippen molar-refractivity contribution in [1.82, 2.24) is 19.0 Å². The van der Waals surface area contributed by atoms with Gasteiger partial charge < -0.3 is 10.2 Å². The van der Waals surface area contributed by atoms with E-state index in [1.165, 1.54) is 27.6 Å². The van der Waals surface area contributed by atoms with Gasteiger partial charge in [-0.1, -0.05) is 19.9 Å². The summed E-state index contributed by atoms with van der Waals surface area (Å²) in [4.78, 5) is 31.5. The minimum Gasteiger partial charge on any atom is -0.352 e. The van der Waals surface area contributed by atoms with Gasteiger partial charge in [0.05, 0.1) is 17.7 Å². The molecule has 7 nitrogen and oxygen atoms in total. The average Bonchev–Trinajstić information content (AvgIpc) is 2.68. The molecule has 2 aromatic heterocycles. The Bertz CT molecular complexity index is 1120. The third kappa shape index (κ3) is 4.89. The highest BCUT2D eigenvalue weighted by atomic mass is 19.1. The SMILES string of the molecule is CC.Cc1ccc(Nc2cc(=O)n(C)c3ncn(CCN(C)C)c(=O)c23)c(F)c1. The first-order chi connectivity index (χ1) is 13.8. The number of nitrogens with one attached hydrogen (secondary N) is 1. The molecule has 156 valence electrons. The molecule has 0 saturated heterocycles. The molecule has 0 aliphatic heterocycles. The van der Waals surface area contributed by atoms with Crippen molar-refractivity contribution in [2.24, 2.45) is 7.05 Å². The van der Waals surface area contributed by atoms with Crippen LogP contribution in [0.25, 0.3) is 11.0 Å². The summed E-state index contributed by atoms with van der Waals surface area (Å²) in [5.74, 6) is -0.458. The van der Waals surface area contributed by atoms with Gasteiger partial charge >= 0.3 is 0 Å². The van der Waals surface area contributed by atoms with Crippen molar-refractivity contribution in [3.05, 3.63) is 62.7 Å². The molecule has 0 aliphatic rings. The van der Waals surface area contributed by atoms with Gasteiger partial charge in [-0.15, -0.1) is 0 Å². The van der Waals surface area contributed by atoms with Crippen molar-refractivity contribution in [2.45, 2.75) is 27.3 Å². The molecular weight excluding hydrogens is 373 g/mol. The fourth-order valence-corrected chi connectivity index (χ4v) is 2.80. The van der Waals surface area contributed by atoms with E-state index >= 15 is 0 Å². The van der Waals surface area contributed by atoms with Crippen molar-refractivity contribution in [3.63, 3.8) is 0 Å². The highest BCUT2D eigenvalue weighted by Gasteiger charge is 2.15. The minimum atomic E-state index is -0.458. The van der Waals surface area contributed by atoms with Gasteiger partial charge in [-0.2, -0.15) is 0 Å². The Kier molecular flexibility index (Phi) is 7.28. The molecule has 0 bridgehead atoms. The van der Waals surface area contributed by atoms with Crippen LogP contribution in [-0.2, 0) is 13.6 Å². The number of anilines is 2. The maximum Gasteiger partial charge on any atom is 0.264 e. The normalized spacial score (nSPS) is 10.8. The number of aromatic nitrogens is 3. The molecular formula is C21H28FN5O2. The lowest BCUT2D eigenvalue weighted by Crippen LogP contribution is -2.29. The van der Waals surface area contributed by atoms with Gasteiger partial charge in [0.1, 0.15) is 11.2 Å². The quantitative estimate of drug-likeness (QED) is 0.712. The summed E-state index contributed by atoms with van der Waals surface area (Å²) in [6, 6.07) is 6.01. The van der Waals surface area contributed by atoms with E-state index in [0.717, 1.165) is 5.56 Å². The van der Waals surface area contributed by atoms with E-state index in [4.69, 9.17) is 0 Å². The van der Waals surface area contributed by atoms with E-state index < -0.39 is 5.82 Å². The molecule has 3 aromatic rings. The number of fused-ring (bicyclic) bond motifs is 1. The van der Waals surface area contributed by atoms with E-state index in [-0.39, 0.29) is 33.5 Å². The van der Waals surface area contributed by atoms with Gasteiger partial charge in [0, 0.05) is 26.2 Å². The highest BCUT2D eigenvalue weighted by molar-refractivity contribution is 5.90. The summed E-state index contributed by atoms with van der Waals surface area (Å²) in [5.41, 5.74) is 0.844. The molecule has 29 heavy (non-hydrogen) atoms. The number of aryl methyl sites for hydroxylation is 2. The molecule has 8 heteroatoms. The molecule has 0 saturated carbocycles.